The van der Waals surface area contributed by atoms with E-state index in [9.17, 15) is 5.11 Å². The Morgan fingerprint density at radius 2 is 2.27 bits per heavy atom. The van der Waals surface area contributed by atoms with Gasteiger partial charge in [-0.15, -0.1) is 0 Å². The number of nitrogens with one attached hydrogen (secondary N) is 2. The molecule has 0 spiro atoms. The van der Waals surface area contributed by atoms with Gasteiger partial charge >= 0.3 is 0 Å². The Morgan fingerprint density at radius 3 is 2.82 bits per heavy atom. The molecule has 0 aromatic carbocycles. The average molecular weight is 158 g/mol. The molecule has 2 atom stereocenters. The predicted molar refractivity (Wildman–Crippen MR) is 45.6 cm³/mol. The Morgan fingerprint density at radius 1 is 1.55 bits per heavy atom. The fourth-order valence-corrected chi connectivity index (χ4v) is 1.44. The Labute approximate surface area is 68.2 Å². The quantitative estimate of drug-likeness (QED) is 0.517. The molecule has 0 aliphatic carbocycles. The fourth-order valence-electron chi connectivity index (χ4n) is 1.44. The molecule has 0 unspecified atom stereocenters. The van der Waals surface area contributed by atoms with Crippen molar-refractivity contribution in [3.63, 3.8) is 0 Å². The van der Waals surface area contributed by atoms with Crippen LogP contribution < -0.4 is 10.6 Å². The van der Waals surface area contributed by atoms with E-state index in [0.717, 1.165) is 19.5 Å². The van der Waals surface area contributed by atoms with Crippen molar-refractivity contribution in [3.8, 4) is 0 Å². The van der Waals surface area contributed by atoms with Crippen LogP contribution in [0, 0.1) is 0 Å². The van der Waals surface area contributed by atoms with Crippen molar-refractivity contribution in [1.29, 1.82) is 0 Å². The van der Waals surface area contributed by atoms with Crippen molar-refractivity contribution in [2.45, 2.75) is 38.5 Å². The molecule has 3 heteroatoms. The number of rotatable bonds is 2. The van der Waals surface area contributed by atoms with E-state index in [0.29, 0.717) is 6.04 Å². The molecule has 3 N–H and O–H groups in total. The molecule has 0 saturated carbocycles. The Hall–Kier alpha value is -0.120. The molecule has 0 bridgehead atoms. The van der Waals surface area contributed by atoms with Gasteiger partial charge in [-0.05, 0) is 13.0 Å². The van der Waals surface area contributed by atoms with Gasteiger partial charge in [0, 0.05) is 18.6 Å². The van der Waals surface area contributed by atoms with Gasteiger partial charge in [-0.3, -0.25) is 0 Å². The Kier molecular flexibility index (Phi) is 3.30. The van der Waals surface area contributed by atoms with Gasteiger partial charge < -0.3 is 15.7 Å². The van der Waals surface area contributed by atoms with E-state index in [2.05, 4.69) is 24.5 Å². The summed E-state index contributed by atoms with van der Waals surface area (Å²) in [6.45, 7) is 6.03. The first-order valence-corrected chi connectivity index (χ1v) is 4.35. The summed E-state index contributed by atoms with van der Waals surface area (Å²) in [7, 11) is 0. The summed E-state index contributed by atoms with van der Waals surface area (Å²) < 4.78 is 0. The van der Waals surface area contributed by atoms with E-state index < -0.39 is 0 Å². The molecule has 1 aliphatic rings. The van der Waals surface area contributed by atoms with Gasteiger partial charge in [-0.1, -0.05) is 13.8 Å². The first kappa shape index (κ1) is 8.97. The molecular formula is C8H18N2O. The lowest BCUT2D eigenvalue weighted by Crippen LogP contribution is -2.53. The zero-order chi connectivity index (χ0) is 8.27. The molecule has 1 saturated heterocycles. The molecule has 0 radical (unpaired) electrons. The van der Waals surface area contributed by atoms with Crippen LogP contribution in [-0.4, -0.2) is 36.4 Å². The van der Waals surface area contributed by atoms with Crippen molar-refractivity contribution in [2.24, 2.45) is 0 Å². The zero-order valence-electron chi connectivity index (χ0n) is 7.30. The fraction of sp³-hybridized carbons (Fsp3) is 1.00. The monoisotopic (exact) mass is 158 g/mol. The lowest BCUT2D eigenvalue weighted by molar-refractivity contribution is 0.0953. The van der Waals surface area contributed by atoms with E-state index in [-0.39, 0.29) is 12.1 Å². The van der Waals surface area contributed by atoms with Crippen LogP contribution in [0.25, 0.3) is 0 Å². The average Bonchev–Trinajstić information content (AvgIpc) is 1.93. The van der Waals surface area contributed by atoms with Gasteiger partial charge in [0.25, 0.3) is 0 Å². The standard InChI is InChI=1S/C8H18N2O/c1-6(2)10-7-5-9-4-3-8(7)11/h6-11H,3-5H2,1-2H3/t7-,8+/m0/s1. The third-order valence-corrected chi connectivity index (χ3v) is 1.99. The van der Waals surface area contributed by atoms with Crippen molar-refractivity contribution >= 4 is 0 Å². The molecule has 3 nitrogen and oxygen atoms in total. The highest BCUT2D eigenvalue weighted by molar-refractivity contribution is 4.83. The van der Waals surface area contributed by atoms with E-state index >= 15 is 0 Å². The number of piperidine rings is 1. The normalized spacial score (nSPS) is 32.7. The third-order valence-electron chi connectivity index (χ3n) is 1.99. The van der Waals surface area contributed by atoms with Crippen LogP contribution in [0.15, 0.2) is 0 Å². The van der Waals surface area contributed by atoms with E-state index in [1.54, 1.807) is 0 Å². The second-order valence-electron chi connectivity index (χ2n) is 3.49. The molecule has 0 amide bonds. The maximum Gasteiger partial charge on any atom is 0.0717 e. The summed E-state index contributed by atoms with van der Waals surface area (Å²) in [6, 6.07) is 0.693. The molecule has 66 valence electrons. The highest BCUT2D eigenvalue weighted by atomic mass is 16.3. The van der Waals surface area contributed by atoms with Crippen LogP contribution in [0.5, 0.6) is 0 Å². The number of aliphatic hydroxyl groups excluding tert-OH is 1. The van der Waals surface area contributed by atoms with Crippen LogP contribution in [0.3, 0.4) is 0 Å². The number of hydrogen-bond acceptors (Lipinski definition) is 3. The topological polar surface area (TPSA) is 44.3 Å². The van der Waals surface area contributed by atoms with Gasteiger partial charge in [0.15, 0.2) is 0 Å². The molecule has 0 aromatic heterocycles. The van der Waals surface area contributed by atoms with E-state index in [1.165, 1.54) is 0 Å². The van der Waals surface area contributed by atoms with Crippen LogP contribution >= 0.6 is 0 Å². The summed E-state index contributed by atoms with van der Waals surface area (Å²) >= 11 is 0. The van der Waals surface area contributed by atoms with Crippen LogP contribution in [0.2, 0.25) is 0 Å². The summed E-state index contributed by atoms with van der Waals surface area (Å²) in [5.41, 5.74) is 0. The van der Waals surface area contributed by atoms with Gasteiger partial charge in [-0.2, -0.15) is 0 Å². The molecule has 0 aromatic rings. The van der Waals surface area contributed by atoms with Crippen LogP contribution in [-0.2, 0) is 0 Å². The summed E-state index contributed by atoms with van der Waals surface area (Å²) in [5.74, 6) is 0. The summed E-state index contributed by atoms with van der Waals surface area (Å²) in [4.78, 5) is 0. The Bertz CT molecular complexity index is 117. The first-order chi connectivity index (χ1) is 5.20. The highest BCUT2D eigenvalue weighted by Crippen LogP contribution is 2.03. The maximum absolute atomic E-state index is 9.52. The molecule has 1 rings (SSSR count). The lowest BCUT2D eigenvalue weighted by Gasteiger charge is -2.30. The maximum atomic E-state index is 9.52. The molecule has 11 heavy (non-hydrogen) atoms. The van der Waals surface area contributed by atoms with Crippen molar-refractivity contribution < 1.29 is 5.11 Å². The molecule has 1 heterocycles. The smallest absolute Gasteiger partial charge is 0.0717 e. The second kappa shape index (κ2) is 4.04. The summed E-state index contributed by atoms with van der Waals surface area (Å²) in [5, 5.41) is 16.1. The SMILES string of the molecule is CC(C)N[C@H]1CNCC[C@H]1O. The van der Waals surface area contributed by atoms with Crippen molar-refractivity contribution in [1.82, 2.24) is 10.6 Å². The van der Waals surface area contributed by atoms with Crippen molar-refractivity contribution in [2.75, 3.05) is 13.1 Å². The van der Waals surface area contributed by atoms with Gasteiger partial charge in [0.2, 0.25) is 0 Å². The second-order valence-corrected chi connectivity index (χ2v) is 3.49. The van der Waals surface area contributed by atoms with Crippen LogP contribution in [0.1, 0.15) is 20.3 Å². The minimum Gasteiger partial charge on any atom is -0.391 e. The largest absolute Gasteiger partial charge is 0.391 e. The van der Waals surface area contributed by atoms with Crippen LogP contribution in [0.4, 0.5) is 0 Å². The summed E-state index contributed by atoms with van der Waals surface area (Å²) in [6.07, 6.45) is 0.698. The third kappa shape index (κ3) is 2.77. The molecule has 1 fully saturated rings. The predicted octanol–water partition coefficient (Wildman–Crippen LogP) is -0.293. The molecule has 1 aliphatic heterocycles. The Balaban J connectivity index is 2.29. The van der Waals surface area contributed by atoms with E-state index in [4.69, 9.17) is 0 Å². The van der Waals surface area contributed by atoms with E-state index in [1.807, 2.05) is 0 Å². The highest BCUT2D eigenvalue weighted by Gasteiger charge is 2.22. The minimum atomic E-state index is -0.168. The number of aliphatic hydroxyl groups is 1. The lowest BCUT2D eigenvalue weighted by atomic mass is 10.0. The van der Waals surface area contributed by atoms with Crippen molar-refractivity contribution in [3.05, 3.63) is 0 Å². The molecular weight excluding hydrogens is 140 g/mol. The van der Waals surface area contributed by atoms with Gasteiger partial charge in [-0.25, -0.2) is 0 Å². The van der Waals surface area contributed by atoms with Gasteiger partial charge in [0.05, 0.1) is 6.10 Å². The number of hydrogen-bond donors (Lipinski definition) is 3. The zero-order valence-corrected chi connectivity index (χ0v) is 7.30. The van der Waals surface area contributed by atoms with Gasteiger partial charge in [0.1, 0.15) is 0 Å². The first-order valence-electron chi connectivity index (χ1n) is 4.35. The minimum absolute atomic E-state index is 0.168.